The Balaban J connectivity index is 2.07. The summed E-state index contributed by atoms with van der Waals surface area (Å²) >= 11 is 5.99. The normalized spacial score (nSPS) is 13.0. The van der Waals surface area contributed by atoms with Crippen LogP contribution in [0, 0.1) is 0 Å². The van der Waals surface area contributed by atoms with Crippen molar-refractivity contribution in [3.63, 3.8) is 0 Å². The second-order valence-corrected chi connectivity index (χ2v) is 5.35. The first-order valence-electron chi connectivity index (χ1n) is 7.05. The van der Waals surface area contributed by atoms with Crippen molar-refractivity contribution in [3.8, 4) is 5.75 Å². The van der Waals surface area contributed by atoms with E-state index >= 15 is 0 Å². The highest BCUT2D eigenvalue weighted by Gasteiger charge is 2.24. The molecule has 3 N–H and O–H groups in total. The van der Waals surface area contributed by atoms with Crippen molar-refractivity contribution in [3.05, 3.63) is 65.2 Å². The third-order valence-electron chi connectivity index (χ3n) is 3.21. The molecule has 2 amide bonds. The van der Waals surface area contributed by atoms with Crippen LogP contribution in [-0.2, 0) is 9.59 Å². The Bertz CT molecular complexity index is 691. The number of amides is 2. The molecule has 2 rings (SSSR count). The van der Waals surface area contributed by atoms with Gasteiger partial charge in [-0.05, 0) is 24.6 Å². The molecule has 0 aliphatic heterocycles. The molecule has 0 saturated carbocycles. The number of nitrogens with one attached hydrogen (secondary N) is 1. The lowest BCUT2D eigenvalue weighted by Crippen LogP contribution is -2.43. The average Bonchev–Trinajstić information content (AvgIpc) is 2.55. The first-order valence-corrected chi connectivity index (χ1v) is 7.42. The zero-order valence-electron chi connectivity index (χ0n) is 12.5. The van der Waals surface area contributed by atoms with Gasteiger partial charge in [0.1, 0.15) is 11.8 Å². The third kappa shape index (κ3) is 4.47. The van der Waals surface area contributed by atoms with Gasteiger partial charge < -0.3 is 15.8 Å². The molecule has 0 unspecified atom stereocenters. The quantitative estimate of drug-likeness (QED) is 0.852. The maximum Gasteiger partial charge on any atom is 0.261 e. The summed E-state index contributed by atoms with van der Waals surface area (Å²) in [5.74, 6) is -0.709. The number of primary amides is 1. The summed E-state index contributed by atoms with van der Waals surface area (Å²) in [5, 5.41) is 2.99. The monoisotopic (exact) mass is 332 g/mol. The van der Waals surface area contributed by atoms with Crippen LogP contribution >= 0.6 is 11.6 Å². The van der Waals surface area contributed by atoms with Crippen LogP contribution in [0.2, 0.25) is 5.02 Å². The van der Waals surface area contributed by atoms with E-state index in [9.17, 15) is 9.59 Å². The second-order valence-electron chi connectivity index (χ2n) is 4.95. The van der Waals surface area contributed by atoms with Crippen molar-refractivity contribution in [2.45, 2.75) is 19.1 Å². The van der Waals surface area contributed by atoms with Crippen LogP contribution in [0.4, 0.5) is 0 Å². The van der Waals surface area contributed by atoms with Crippen molar-refractivity contribution in [2.24, 2.45) is 5.73 Å². The Labute approximate surface area is 139 Å². The van der Waals surface area contributed by atoms with E-state index in [1.807, 2.05) is 6.07 Å². The van der Waals surface area contributed by atoms with Gasteiger partial charge in [-0.2, -0.15) is 0 Å². The first-order chi connectivity index (χ1) is 11.0. The highest BCUT2D eigenvalue weighted by Crippen LogP contribution is 2.24. The van der Waals surface area contributed by atoms with E-state index in [4.69, 9.17) is 22.1 Å². The van der Waals surface area contributed by atoms with E-state index in [1.165, 1.54) is 0 Å². The summed E-state index contributed by atoms with van der Waals surface area (Å²) in [4.78, 5) is 23.9. The Morgan fingerprint density at radius 2 is 1.70 bits per heavy atom. The third-order valence-corrected chi connectivity index (χ3v) is 3.53. The SMILES string of the molecule is C[C@H](Oc1ccccc1Cl)C(=O)N[C@@H](C(N)=O)c1ccccc1. The number of benzene rings is 2. The minimum Gasteiger partial charge on any atom is -0.479 e. The van der Waals surface area contributed by atoms with Gasteiger partial charge in [0.25, 0.3) is 5.91 Å². The van der Waals surface area contributed by atoms with E-state index in [0.29, 0.717) is 16.3 Å². The smallest absolute Gasteiger partial charge is 0.261 e. The van der Waals surface area contributed by atoms with Crippen LogP contribution in [0.25, 0.3) is 0 Å². The molecule has 5 nitrogen and oxygen atoms in total. The number of carbonyl (C=O) groups is 2. The van der Waals surface area contributed by atoms with Gasteiger partial charge in [0, 0.05) is 0 Å². The zero-order chi connectivity index (χ0) is 16.8. The van der Waals surface area contributed by atoms with Gasteiger partial charge in [-0.25, -0.2) is 0 Å². The lowest BCUT2D eigenvalue weighted by Gasteiger charge is -2.20. The topological polar surface area (TPSA) is 81.4 Å². The molecule has 2 aromatic rings. The molecule has 0 bridgehead atoms. The number of hydrogen-bond acceptors (Lipinski definition) is 3. The van der Waals surface area contributed by atoms with Crippen LogP contribution in [0.15, 0.2) is 54.6 Å². The van der Waals surface area contributed by atoms with Gasteiger partial charge >= 0.3 is 0 Å². The van der Waals surface area contributed by atoms with Crippen molar-refractivity contribution in [1.82, 2.24) is 5.32 Å². The van der Waals surface area contributed by atoms with Crippen LogP contribution < -0.4 is 15.8 Å². The fraction of sp³-hybridized carbons (Fsp3) is 0.176. The molecule has 23 heavy (non-hydrogen) atoms. The van der Waals surface area contributed by atoms with E-state index in [2.05, 4.69) is 5.32 Å². The molecule has 0 heterocycles. The number of nitrogens with two attached hydrogens (primary N) is 1. The van der Waals surface area contributed by atoms with Gasteiger partial charge in [-0.1, -0.05) is 54.1 Å². The van der Waals surface area contributed by atoms with Crippen molar-refractivity contribution in [2.75, 3.05) is 0 Å². The molecule has 120 valence electrons. The molecule has 2 atom stereocenters. The summed E-state index contributed by atoms with van der Waals surface area (Å²) in [6, 6.07) is 14.7. The molecule has 6 heteroatoms. The van der Waals surface area contributed by atoms with Gasteiger partial charge in [0.2, 0.25) is 5.91 Å². The van der Waals surface area contributed by atoms with Gasteiger partial charge in [-0.3, -0.25) is 9.59 Å². The van der Waals surface area contributed by atoms with Crippen molar-refractivity contribution >= 4 is 23.4 Å². The molecular formula is C17H17ClN2O3. The van der Waals surface area contributed by atoms with E-state index < -0.39 is 24.0 Å². The Morgan fingerprint density at radius 3 is 2.30 bits per heavy atom. The second kappa shape index (κ2) is 7.65. The highest BCUT2D eigenvalue weighted by molar-refractivity contribution is 6.32. The molecule has 0 aromatic heterocycles. The van der Waals surface area contributed by atoms with Crippen LogP contribution in [0.1, 0.15) is 18.5 Å². The van der Waals surface area contributed by atoms with E-state index in [0.717, 1.165) is 0 Å². The van der Waals surface area contributed by atoms with Crippen molar-refractivity contribution < 1.29 is 14.3 Å². The molecule has 2 aromatic carbocycles. The largest absolute Gasteiger partial charge is 0.479 e. The van der Waals surface area contributed by atoms with Crippen LogP contribution in [0.5, 0.6) is 5.75 Å². The van der Waals surface area contributed by atoms with E-state index in [1.54, 1.807) is 55.5 Å². The predicted octanol–water partition coefficient (Wildman–Crippen LogP) is 2.45. The van der Waals surface area contributed by atoms with E-state index in [-0.39, 0.29) is 0 Å². The minimum atomic E-state index is -0.916. The lowest BCUT2D eigenvalue weighted by molar-refractivity contribution is -0.131. The summed E-state index contributed by atoms with van der Waals surface area (Å²) in [6.45, 7) is 1.57. The van der Waals surface area contributed by atoms with Gasteiger partial charge in [0.05, 0.1) is 5.02 Å². The average molecular weight is 333 g/mol. The Hall–Kier alpha value is -2.53. The number of halogens is 1. The Kier molecular flexibility index (Phi) is 5.60. The maximum absolute atomic E-state index is 12.3. The van der Waals surface area contributed by atoms with Crippen LogP contribution in [-0.4, -0.2) is 17.9 Å². The minimum absolute atomic E-state index is 0.396. The maximum atomic E-state index is 12.3. The summed E-state index contributed by atoms with van der Waals surface area (Å²) in [6.07, 6.45) is -0.833. The molecule has 0 saturated heterocycles. The summed E-state index contributed by atoms with van der Waals surface area (Å²) in [5.41, 5.74) is 5.99. The number of para-hydroxylation sites is 1. The molecule has 0 aliphatic carbocycles. The number of carbonyl (C=O) groups excluding carboxylic acids is 2. The number of hydrogen-bond donors (Lipinski definition) is 2. The number of rotatable bonds is 6. The van der Waals surface area contributed by atoms with Gasteiger partial charge in [0.15, 0.2) is 6.10 Å². The lowest BCUT2D eigenvalue weighted by atomic mass is 10.1. The molecule has 0 spiro atoms. The zero-order valence-corrected chi connectivity index (χ0v) is 13.3. The fourth-order valence-corrected chi connectivity index (χ4v) is 2.19. The Morgan fingerprint density at radius 1 is 1.09 bits per heavy atom. The predicted molar refractivity (Wildman–Crippen MR) is 88.1 cm³/mol. The van der Waals surface area contributed by atoms with Gasteiger partial charge in [-0.15, -0.1) is 0 Å². The molecule has 0 aliphatic rings. The summed E-state index contributed by atoms with van der Waals surface area (Å²) < 4.78 is 5.53. The molecular weight excluding hydrogens is 316 g/mol. The van der Waals surface area contributed by atoms with Crippen LogP contribution in [0.3, 0.4) is 0 Å². The molecule has 0 radical (unpaired) electrons. The standard InChI is InChI=1S/C17H17ClN2O3/c1-11(23-14-10-6-5-9-13(14)18)17(22)20-15(16(19)21)12-7-3-2-4-8-12/h2-11,15H,1H3,(H2,19,21)(H,20,22)/t11-,15+/m0/s1. The van der Waals surface area contributed by atoms with Crippen molar-refractivity contribution in [1.29, 1.82) is 0 Å². The fourth-order valence-electron chi connectivity index (χ4n) is 2.01. The number of ether oxygens (including phenoxy) is 1. The first kappa shape index (κ1) is 16.8. The highest BCUT2D eigenvalue weighted by atomic mass is 35.5. The summed E-state index contributed by atoms with van der Waals surface area (Å²) in [7, 11) is 0. The molecule has 0 fully saturated rings.